The number of pyridine rings is 1. The van der Waals surface area contributed by atoms with E-state index in [-0.39, 0.29) is 0 Å². The van der Waals surface area contributed by atoms with Crippen LogP contribution in [0.3, 0.4) is 0 Å². The van der Waals surface area contributed by atoms with Crippen molar-refractivity contribution >= 4 is 16.5 Å². The summed E-state index contributed by atoms with van der Waals surface area (Å²) < 4.78 is 0. The molecular weight excluding hydrogens is 388 g/mol. The summed E-state index contributed by atoms with van der Waals surface area (Å²) in [5, 5.41) is 1.24. The number of unbranched alkanes of at least 4 members (excludes halogenated alkanes) is 1. The highest BCUT2D eigenvalue weighted by atomic mass is 15.1. The van der Waals surface area contributed by atoms with Gasteiger partial charge in [0.05, 0.1) is 5.52 Å². The smallest absolute Gasteiger partial charge is 0.0708 e. The molecule has 0 N–H and O–H groups in total. The van der Waals surface area contributed by atoms with Gasteiger partial charge in [0, 0.05) is 36.3 Å². The van der Waals surface area contributed by atoms with Gasteiger partial charge in [0.15, 0.2) is 0 Å². The summed E-state index contributed by atoms with van der Waals surface area (Å²) >= 11 is 0. The minimum absolute atomic E-state index is 0.478. The first-order chi connectivity index (χ1) is 15.3. The normalized spacial score (nSPS) is 16.7. The molecule has 2 unspecified atom stereocenters. The number of nitrogens with zero attached hydrogens (tertiary/aromatic N) is 2. The van der Waals surface area contributed by atoms with E-state index in [1.807, 2.05) is 6.20 Å². The van der Waals surface area contributed by atoms with Crippen LogP contribution in [-0.4, -0.2) is 23.0 Å². The van der Waals surface area contributed by atoms with Crippen molar-refractivity contribution in [2.45, 2.75) is 66.2 Å². The molecule has 0 bridgehead atoms. The van der Waals surface area contributed by atoms with E-state index in [2.05, 4.69) is 81.6 Å². The molecule has 1 aromatic carbocycles. The van der Waals surface area contributed by atoms with Crippen LogP contribution in [0.1, 0.15) is 70.9 Å². The molecule has 32 heavy (non-hydrogen) atoms. The lowest BCUT2D eigenvalue weighted by molar-refractivity contribution is 0.194. The summed E-state index contributed by atoms with van der Waals surface area (Å²) in [6, 6.07) is 8.81. The van der Waals surface area contributed by atoms with Gasteiger partial charge in [0.2, 0.25) is 0 Å². The van der Waals surface area contributed by atoms with Gasteiger partial charge in [-0.2, -0.15) is 0 Å². The quantitative estimate of drug-likeness (QED) is 0.280. The Kier molecular flexibility index (Phi) is 8.34. The Morgan fingerprint density at radius 2 is 1.75 bits per heavy atom. The first-order valence-electron chi connectivity index (χ1n) is 12.4. The highest BCUT2D eigenvalue weighted by Crippen LogP contribution is 2.31. The van der Waals surface area contributed by atoms with Crippen LogP contribution in [0.15, 0.2) is 61.5 Å². The molecule has 172 valence electrons. The zero-order chi connectivity index (χ0) is 23.3. The third kappa shape index (κ3) is 5.91. The molecule has 2 nitrogen and oxygen atoms in total. The summed E-state index contributed by atoms with van der Waals surface area (Å²) in [6.07, 6.45) is 9.56. The summed E-state index contributed by atoms with van der Waals surface area (Å²) in [6.45, 7) is 23.8. The predicted molar refractivity (Wildman–Crippen MR) is 141 cm³/mol. The fourth-order valence-corrected chi connectivity index (χ4v) is 5.00. The number of fused-ring (bicyclic) bond motifs is 1. The second-order valence-corrected chi connectivity index (χ2v) is 10.1. The minimum atomic E-state index is 0.478. The van der Waals surface area contributed by atoms with Crippen LogP contribution in [0.5, 0.6) is 0 Å². The average molecular weight is 431 g/mol. The van der Waals surface area contributed by atoms with Crippen LogP contribution in [-0.2, 0) is 6.42 Å². The Bertz CT molecular complexity index is 962. The molecule has 1 aliphatic rings. The molecule has 0 amide bonds. The number of hydrogen-bond donors (Lipinski definition) is 0. The van der Waals surface area contributed by atoms with Gasteiger partial charge < -0.3 is 4.90 Å². The van der Waals surface area contributed by atoms with E-state index in [1.54, 1.807) is 0 Å². The number of hydrogen-bond acceptors (Lipinski definition) is 2. The van der Waals surface area contributed by atoms with E-state index >= 15 is 0 Å². The maximum absolute atomic E-state index is 4.51. The van der Waals surface area contributed by atoms with Gasteiger partial charge in [-0.25, -0.2) is 0 Å². The molecule has 1 aliphatic heterocycles. The van der Waals surface area contributed by atoms with Crippen LogP contribution < -0.4 is 0 Å². The Morgan fingerprint density at radius 3 is 2.41 bits per heavy atom. The first kappa shape index (κ1) is 24.3. The maximum Gasteiger partial charge on any atom is 0.0708 e. The van der Waals surface area contributed by atoms with Crippen molar-refractivity contribution in [1.82, 2.24) is 9.88 Å². The molecule has 2 heterocycles. The fourth-order valence-electron chi connectivity index (χ4n) is 5.00. The van der Waals surface area contributed by atoms with E-state index < -0.39 is 0 Å². The monoisotopic (exact) mass is 430 g/mol. The van der Waals surface area contributed by atoms with Gasteiger partial charge >= 0.3 is 0 Å². The largest absolute Gasteiger partial charge is 0.375 e. The van der Waals surface area contributed by atoms with Gasteiger partial charge in [-0.05, 0) is 80.7 Å². The Balaban J connectivity index is 1.43. The maximum atomic E-state index is 4.51. The average Bonchev–Trinajstić information content (AvgIpc) is 2.80. The summed E-state index contributed by atoms with van der Waals surface area (Å²) in [5.41, 5.74) is 7.37. The number of likely N-dealkylation sites (tertiary alicyclic amines) is 1. The molecule has 2 heteroatoms. The lowest BCUT2D eigenvalue weighted by atomic mass is 9.85. The molecule has 2 aromatic rings. The van der Waals surface area contributed by atoms with Crippen molar-refractivity contribution in [3.8, 4) is 0 Å². The fraction of sp³-hybridized carbons (Fsp3) is 0.500. The third-order valence-electron chi connectivity index (χ3n) is 7.67. The third-order valence-corrected chi connectivity index (χ3v) is 7.67. The summed E-state index contributed by atoms with van der Waals surface area (Å²) in [5.74, 6) is 1.84. The first-order valence-corrected chi connectivity index (χ1v) is 12.4. The number of rotatable bonds is 10. The van der Waals surface area contributed by atoms with Crippen LogP contribution >= 0.6 is 0 Å². The second-order valence-electron chi connectivity index (χ2n) is 10.1. The Labute approximate surface area is 196 Å². The van der Waals surface area contributed by atoms with Crippen molar-refractivity contribution < 1.29 is 0 Å². The second kappa shape index (κ2) is 11.0. The lowest BCUT2D eigenvalue weighted by Crippen LogP contribution is -2.36. The molecule has 2 atom stereocenters. The van der Waals surface area contributed by atoms with Gasteiger partial charge in [-0.3, -0.25) is 4.98 Å². The van der Waals surface area contributed by atoms with Crippen LogP contribution in [0, 0.1) is 17.8 Å². The minimum Gasteiger partial charge on any atom is -0.375 e. The van der Waals surface area contributed by atoms with Gasteiger partial charge in [-0.15, -0.1) is 0 Å². The van der Waals surface area contributed by atoms with Crippen molar-refractivity contribution in [3.63, 3.8) is 0 Å². The van der Waals surface area contributed by atoms with Crippen LogP contribution in [0.4, 0.5) is 0 Å². The molecule has 0 radical (unpaired) electrons. The molecule has 0 aliphatic carbocycles. The number of allylic oxidation sites excluding steroid dienone is 3. The van der Waals surface area contributed by atoms with Crippen LogP contribution in [0.25, 0.3) is 16.5 Å². The predicted octanol–water partition coefficient (Wildman–Crippen LogP) is 8.05. The van der Waals surface area contributed by atoms with Gasteiger partial charge in [0.25, 0.3) is 0 Å². The Hall–Kier alpha value is -2.35. The Morgan fingerprint density at radius 1 is 1.03 bits per heavy atom. The molecule has 0 saturated carbocycles. The number of benzene rings is 1. The molecule has 0 spiro atoms. The molecule has 1 saturated heterocycles. The zero-order valence-electron chi connectivity index (χ0n) is 20.8. The molecular formula is C30H42N2. The van der Waals surface area contributed by atoms with Crippen molar-refractivity contribution in [2.75, 3.05) is 13.1 Å². The highest BCUT2D eigenvalue weighted by molar-refractivity contribution is 5.90. The van der Waals surface area contributed by atoms with Crippen LogP contribution in [0.2, 0.25) is 0 Å². The summed E-state index contributed by atoms with van der Waals surface area (Å²) in [7, 11) is 0. The number of piperidine rings is 1. The standard InChI is InChI=1S/C30H42N2/c1-21(2)23(5)24(6)25(7)32-18-15-26(16-19-32)10-8-9-11-27-12-13-30-29(20-27)28(22(3)4)14-17-31-30/h12-14,17,20,23-24,26H,1,3,7-11,15-16,18-19H2,2,4-6H3. The zero-order valence-corrected chi connectivity index (χ0v) is 20.8. The van der Waals surface area contributed by atoms with E-state index in [0.29, 0.717) is 11.8 Å². The molecule has 1 fully saturated rings. The van der Waals surface area contributed by atoms with Gasteiger partial charge in [0.1, 0.15) is 0 Å². The molecule has 1 aromatic heterocycles. The highest BCUT2D eigenvalue weighted by Gasteiger charge is 2.24. The number of aromatic nitrogens is 1. The van der Waals surface area contributed by atoms with Crippen molar-refractivity contribution in [3.05, 3.63) is 72.6 Å². The molecule has 3 rings (SSSR count). The topological polar surface area (TPSA) is 16.1 Å². The number of aryl methyl sites for hydroxylation is 1. The van der Waals surface area contributed by atoms with Crippen molar-refractivity contribution in [1.29, 1.82) is 0 Å². The van der Waals surface area contributed by atoms with E-state index in [9.17, 15) is 0 Å². The SMILES string of the molecule is C=C(C)c1ccnc2ccc(CCCCC3CCN(C(=C)C(C)C(C)C(=C)C)CC3)cc12. The van der Waals surface area contributed by atoms with Gasteiger partial charge in [-0.1, -0.05) is 63.6 Å². The van der Waals surface area contributed by atoms with E-state index in [0.717, 1.165) is 36.5 Å². The van der Waals surface area contributed by atoms with E-state index in [4.69, 9.17) is 0 Å². The lowest BCUT2D eigenvalue weighted by Gasteiger charge is -2.38. The summed E-state index contributed by atoms with van der Waals surface area (Å²) in [4.78, 5) is 7.05. The van der Waals surface area contributed by atoms with Crippen molar-refractivity contribution in [2.24, 2.45) is 17.8 Å². The van der Waals surface area contributed by atoms with E-state index in [1.165, 1.54) is 59.9 Å².